The van der Waals surface area contributed by atoms with Crippen molar-refractivity contribution in [2.75, 3.05) is 46.3 Å². The predicted octanol–water partition coefficient (Wildman–Crippen LogP) is 3.33. The summed E-state index contributed by atoms with van der Waals surface area (Å²) >= 11 is 0. The lowest BCUT2D eigenvalue weighted by Gasteiger charge is -2.36. The topological polar surface area (TPSA) is 86.4 Å². The number of ether oxygens (including phenoxy) is 1. The molecule has 1 aromatic rings. The number of aliphatic imine (C=N–C) groups is 1. The summed E-state index contributed by atoms with van der Waals surface area (Å²) in [6.45, 7) is 17.7. The summed E-state index contributed by atoms with van der Waals surface area (Å²) in [4.78, 5) is 23.4. The van der Waals surface area contributed by atoms with Gasteiger partial charge in [0.05, 0.1) is 5.69 Å². The van der Waals surface area contributed by atoms with E-state index in [1.807, 2.05) is 40.7 Å². The summed E-state index contributed by atoms with van der Waals surface area (Å²) in [5, 5.41) is 7.50. The average molecular weight is 565 g/mol. The van der Waals surface area contributed by atoms with Gasteiger partial charge in [-0.2, -0.15) is 0 Å². The number of halogens is 1. The molecule has 10 heteroatoms. The third kappa shape index (κ3) is 9.51. The van der Waals surface area contributed by atoms with Gasteiger partial charge < -0.3 is 24.4 Å². The first kappa shape index (κ1) is 28.5. The van der Waals surface area contributed by atoms with E-state index in [1.54, 1.807) is 11.9 Å². The zero-order chi connectivity index (χ0) is 23.0. The molecule has 1 amide bonds. The first-order valence-corrected chi connectivity index (χ1v) is 11.2. The molecular weight excluding hydrogens is 523 g/mol. The number of amides is 1. The van der Waals surface area contributed by atoms with Crippen LogP contribution >= 0.6 is 24.0 Å². The molecule has 0 aliphatic carbocycles. The lowest BCUT2D eigenvalue weighted by molar-refractivity contribution is 0.0231. The fourth-order valence-electron chi connectivity index (χ4n) is 3.33. The highest BCUT2D eigenvalue weighted by atomic mass is 127. The van der Waals surface area contributed by atoms with Crippen LogP contribution in [-0.4, -0.2) is 89.9 Å². The maximum atomic E-state index is 12.2. The van der Waals surface area contributed by atoms with E-state index >= 15 is 0 Å². The van der Waals surface area contributed by atoms with Crippen LogP contribution in [0, 0.1) is 6.92 Å². The summed E-state index contributed by atoms with van der Waals surface area (Å²) in [6.07, 6.45) is 0.477. The van der Waals surface area contributed by atoms with Gasteiger partial charge in [0.25, 0.3) is 0 Å². The molecule has 0 aromatic carbocycles. The molecule has 32 heavy (non-hydrogen) atoms. The van der Waals surface area contributed by atoms with Gasteiger partial charge in [-0.05, 0) is 48.0 Å². The van der Waals surface area contributed by atoms with Gasteiger partial charge in [-0.1, -0.05) is 5.16 Å². The first-order valence-electron chi connectivity index (χ1n) is 11.2. The molecule has 184 valence electrons. The fourth-order valence-corrected chi connectivity index (χ4v) is 3.33. The molecule has 1 saturated heterocycles. The maximum Gasteiger partial charge on any atom is 0.410 e. The minimum absolute atomic E-state index is 0. The van der Waals surface area contributed by atoms with Crippen LogP contribution in [0.3, 0.4) is 0 Å². The second-order valence-corrected chi connectivity index (χ2v) is 9.16. The number of carbonyl (C=O) groups is 1. The van der Waals surface area contributed by atoms with E-state index in [4.69, 9.17) is 14.3 Å². The molecule has 9 nitrogen and oxygen atoms in total. The number of carbonyl (C=O) groups excluding carboxylic acids is 1. The van der Waals surface area contributed by atoms with Gasteiger partial charge in [-0.3, -0.25) is 9.89 Å². The Balaban J connectivity index is 0.00000512. The van der Waals surface area contributed by atoms with Crippen molar-refractivity contribution in [3.05, 3.63) is 17.5 Å². The number of aryl methyl sites for hydroxylation is 1. The van der Waals surface area contributed by atoms with Crippen molar-refractivity contribution in [3.8, 4) is 0 Å². The number of rotatable bonds is 7. The Labute approximate surface area is 209 Å². The molecule has 2 heterocycles. The third-order valence-electron chi connectivity index (χ3n) is 5.22. The third-order valence-corrected chi connectivity index (χ3v) is 5.22. The van der Waals surface area contributed by atoms with Crippen LogP contribution in [-0.2, 0) is 11.3 Å². The molecule has 0 saturated carbocycles. The Morgan fingerprint density at radius 1 is 1.34 bits per heavy atom. The van der Waals surface area contributed by atoms with Gasteiger partial charge in [0.1, 0.15) is 11.4 Å². The summed E-state index contributed by atoms with van der Waals surface area (Å²) < 4.78 is 10.6. The molecule has 1 N–H and O–H groups in total. The number of nitrogens with one attached hydrogen (secondary N) is 1. The molecule has 1 fully saturated rings. The zero-order valence-electron chi connectivity index (χ0n) is 20.7. The van der Waals surface area contributed by atoms with E-state index in [-0.39, 0.29) is 36.1 Å². The van der Waals surface area contributed by atoms with E-state index in [0.717, 1.165) is 63.1 Å². The van der Waals surface area contributed by atoms with Crippen molar-refractivity contribution in [3.63, 3.8) is 0 Å². The Hall–Kier alpha value is -1.56. The second-order valence-electron chi connectivity index (χ2n) is 9.16. The minimum atomic E-state index is -0.490. The van der Waals surface area contributed by atoms with Crippen molar-refractivity contribution < 1.29 is 14.1 Å². The zero-order valence-corrected chi connectivity index (χ0v) is 23.0. The van der Waals surface area contributed by atoms with E-state index in [2.05, 4.69) is 27.2 Å². The highest BCUT2D eigenvalue weighted by Crippen LogP contribution is 2.13. The molecule has 1 aliphatic heterocycles. The standard InChI is InChI=1S/C22H40N6O3.HI/c1-8-23-20(24-10-9-17(2)26(7)21(29)30-22(4,5)6)28-13-11-27(12-14-28)16-19-15-18(3)31-25-19;/h15,17H,8-14,16H2,1-7H3,(H,23,24);1H. The van der Waals surface area contributed by atoms with Crippen LogP contribution in [0.25, 0.3) is 0 Å². The highest BCUT2D eigenvalue weighted by Gasteiger charge is 2.23. The molecule has 2 rings (SSSR count). The largest absolute Gasteiger partial charge is 0.444 e. The fraction of sp³-hybridized carbons (Fsp3) is 0.773. The number of piperazine rings is 1. The van der Waals surface area contributed by atoms with Crippen LogP contribution in [0.5, 0.6) is 0 Å². The van der Waals surface area contributed by atoms with Crippen molar-refractivity contribution >= 4 is 36.0 Å². The molecule has 1 unspecified atom stereocenters. The van der Waals surface area contributed by atoms with Gasteiger partial charge in [0.2, 0.25) is 0 Å². The Morgan fingerprint density at radius 2 is 2.00 bits per heavy atom. The molecule has 1 atom stereocenters. The van der Waals surface area contributed by atoms with E-state index < -0.39 is 5.60 Å². The van der Waals surface area contributed by atoms with Gasteiger partial charge in [0.15, 0.2) is 5.96 Å². The van der Waals surface area contributed by atoms with E-state index in [1.165, 1.54) is 0 Å². The van der Waals surface area contributed by atoms with E-state index in [9.17, 15) is 4.79 Å². The quantitative estimate of drug-likeness (QED) is 0.309. The molecular formula is C22H41IN6O3. The second kappa shape index (κ2) is 13.2. The van der Waals surface area contributed by atoms with Gasteiger partial charge in [0, 0.05) is 65.0 Å². The first-order chi connectivity index (χ1) is 14.6. The van der Waals surface area contributed by atoms with Crippen molar-refractivity contribution in [2.24, 2.45) is 4.99 Å². The predicted molar refractivity (Wildman–Crippen MR) is 138 cm³/mol. The molecule has 1 aliphatic rings. The number of nitrogens with zero attached hydrogens (tertiary/aromatic N) is 5. The van der Waals surface area contributed by atoms with Gasteiger partial charge in [-0.15, -0.1) is 24.0 Å². The SMILES string of the molecule is CCNC(=NCCC(C)N(C)C(=O)OC(C)(C)C)N1CCN(Cc2cc(C)on2)CC1.I. The minimum Gasteiger partial charge on any atom is -0.444 e. The van der Waals surface area contributed by atoms with Crippen LogP contribution in [0.4, 0.5) is 4.79 Å². The molecule has 0 bridgehead atoms. The van der Waals surface area contributed by atoms with E-state index in [0.29, 0.717) is 6.54 Å². The number of aromatic nitrogens is 1. The average Bonchev–Trinajstić information content (AvgIpc) is 3.10. The summed E-state index contributed by atoms with van der Waals surface area (Å²) in [5.74, 6) is 1.79. The smallest absolute Gasteiger partial charge is 0.410 e. The molecule has 0 spiro atoms. The molecule has 1 aromatic heterocycles. The lowest BCUT2D eigenvalue weighted by Crippen LogP contribution is -2.52. The van der Waals surface area contributed by atoms with Crippen molar-refractivity contribution in [1.82, 2.24) is 25.2 Å². The Bertz CT molecular complexity index is 725. The van der Waals surface area contributed by atoms with Crippen LogP contribution in [0.15, 0.2) is 15.6 Å². The number of hydrogen-bond acceptors (Lipinski definition) is 6. The monoisotopic (exact) mass is 564 g/mol. The van der Waals surface area contributed by atoms with Crippen molar-refractivity contribution in [2.45, 2.75) is 66.2 Å². The number of guanidine groups is 1. The molecule has 0 radical (unpaired) electrons. The normalized spacial score (nSPS) is 16.3. The number of hydrogen-bond donors (Lipinski definition) is 1. The maximum absolute atomic E-state index is 12.2. The van der Waals surface area contributed by atoms with Crippen LogP contribution < -0.4 is 5.32 Å². The Kier molecular flexibility index (Phi) is 11.8. The Morgan fingerprint density at radius 3 is 2.53 bits per heavy atom. The van der Waals surface area contributed by atoms with Crippen molar-refractivity contribution in [1.29, 1.82) is 0 Å². The summed E-state index contributed by atoms with van der Waals surface area (Å²) in [7, 11) is 1.78. The summed E-state index contributed by atoms with van der Waals surface area (Å²) in [6, 6.07) is 2.04. The lowest BCUT2D eigenvalue weighted by atomic mass is 10.2. The van der Waals surface area contributed by atoms with Crippen LogP contribution in [0.1, 0.15) is 52.5 Å². The van der Waals surface area contributed by atoms with Crippen LogP contribution in [0.2, 0.25) is 0 Å². The highest BCUT2D eigenvalue weighted by molar-refractivity contribution is 14.0. The van der Waals surface area contributed by atoms with Gasteiger partial charge >= 0.3 is 6.09 Å². The summed E-state index contributed by atoms with van der Waals surface area (Å²) in [5.41, 5.74) is 0.491. The van der Waals surface area contributed by atoms with Gasteiger partial charge in [-0.25, -0.2) is 4.79 Å².